The highest BCUT2D eigenvalue weighted by molar-refractivity contribution is 7.80. The average Bonchev–Trinajstić information content (AvgIpc) is 2.42. The third-order valence-corrected chi connectivity index (χ3v) is 3.10. The molecular weight excluding hydrogens is 272 g/mol. The lowest BCUT2D eigenvalue weighted by molar-refractivity contribution is -0.118. The molecule has 1 aromatic carbocycles. The van der Waals surface area contributed by atoms with Crippen LogP contribution in [0.5, 0.6) is 0 Å². The van der Waals surface area contributed by atoms with Gasteiger partial charge in [0.25, 0.3) is 0 Å². The number of rotatable bonds is 6. The molecule has 2 rings (SSSR count). The zero-order chi connectivity index (χ0) is 14.5. The second kappa shape index (κ2) is 6.29. The second-order valence-electron chi connectivity index (χ2n) is 4.44. The first-order valence-electron chi connectivity index (χ1n) is 6.29. The monoisotopic (exact) mass is 288 g/mol. The van der Waals surface area contributed by atoms with Crippen molar-refractivity contribution in [1.29, 1.82) is 0 Å². The number of nitrogens with one attached hydrogen (secondary N) is 1. The fourth-order valence-electron chi connectivity index (χ4n) is 1.91. The number of primary amides is 1. The van der Waals surface area contributed by atoms with Crippen LogP contribution in [0.3, 0.4) is 0 Å². The van der Waals surface area contributed by atoms with E-state index in [0.717, 1.165) is 10.9 Å². The van der Waals surface area contributed by atoms with Crippen LogP contribution in [0.4, 0.5) is 5.82 Å². The summed E-state index contributed by atoms with van der Waals surface area (Å²) in [5.74, 6) is 0.327. The molecule has 0 spiro atoms. The molecule has 104 valence electrons. The van der Waals surface area contributed by atoms with Crippen LogP contribution in [-0.2, 0) is 4.79 Å². The van der Waals surface area contributed by atoms with E-state index in [4.69, 9.17) is 23.7 Å². The van der Waals surface area contributed by atoms with Crippen molar-refractivity contribution in [2.45, 2.75) is 12.8 Å². The molecule has 20 heavy (non-hydrogen) atoms. The van der Waals surface area contributed by atoms with Crippen molar-refractivity contribution in [2.24, 2.45) is 11.5 Å². The summed E-state index contributed by atoms with van der Waals surface area (Å²) >= 11 is 5.06. The Kier molecular flexibility index (Phi) is 4.47. The number of aromatic nitrogens is 1. The van der Waals surface area contributed by atoms with E-state index in [0.29, 0.717) is 35.8 Å². The van der Waals surface area contributed by atoms with E-state index in [1.807, 2.05) is 30.3 Å². The van der Waals surface area contributed by atoms with Crippen molar-refractivity contribution in [2.75, 3.05) is 11.9 Å². The fraction of sp³-hybridized carbons (Fsp3) is 0.214. The van der Waals surface area contributed by atoms with Gasteiger partial charge in [-0.05, 0) is 18.6 Å². The predicted octanol–water partition coefficient (Wildman–Crippen LogP) is 1.55. The minimum absolute atomic E-state index is 0.292. The van der Waals surface area contributed by atoms with Crippen LogP contribution >= 0.6 is 12.2 Å². The van der Waals surface area contributed by atoms with Crippen LogP contribution in [-0.4, -0.2) is 22.4 Å². The van der Waals surface area contributed by atoms with Crippen molar-refractivity contribution in [3.63, 3.8) is 0 Å². The van der Waals surface area contributed by atoms with E-state index in [2.05, 4.69) is 10.3 Å². The number of fused-ring (bicyclic) bond motifs is 1. The van der Waals surface area contributed by atoms with Gasteiger partial charge in [0.1, 0.15) is 10.8 Å². The normalized spacial score (nSPS) is 10.4. The number of benzene rings is 1. The molecule has 1 amide bonds. The molecule has 0 fully saturated rings. The highest BCUT2D eigenvalue weighted by atomic mass is 32.1. The van der Waals surface area contributed by atoms with E-state index >= 15 is 0 Å². The number of hydrogen-bond acceptors (Lipinski definition) is 4. The molecule has 0 saturated heterocycles. The number of thiocarbonyl (C=S) groups is 1. The van der Waals surface area contributed by atoms with Crippen LogP contribution in [0.1, 0.15) is 18.4 Å². The maximum Gasteiger partial charge on any atom is 0.217 e. The summed E-state index contributed by atoms with van der Waals surface area (Å²) in [5, 5.41) is 4.14. The highest BCUT2D eigenvalue weighted by Gasteiger charge is 2.09. The van der Waals surface area contributed by atoms with Crippen molar-refractivity contribution >= 4 is 39.8 Å². The van der Waals surface area contributed by atoms with Gasteiger partial charge in [0, 0.05) is 18.4 Å². The molecular formula is C14H16N4OS. The zero-order valence-electron chi connectivity index (χ0n) is 10.9. The van der Waals surface area contributed by atoms with Crippen LogP contribution < -0.4 is 16.8 Å². The molecule has 0 saturated carbocycles. The number of carbonyl (C=O) groups is 1. The lowest BCUT2D eigenvalue weighted by Crippen LogP contribution is -2.16. The van der Waals surface area contributed by atoms with Gasteiger partial charge in [0.05, 0.1) is 11.1 Å². The maximum absolute atomic E-state index is 10.7. The van der Waals surface area contributed by atoms with E-state index < -0.39 is 0 Å². The van der Waals surface area contributed by atoms with Crippen LogP contribution in [0.2, 0.25) is 0 Å². The number of anilines is 1. The molecule has 5 N–H and O–H groups in total. The molecule has 0 aliphatic carbocycles. The third-order valence-electron chi connectivity index (χ3n) is 2.88. The molecule has 6 heteroatoms. The van der Waals surface area contributed by atoms with Gasteiger partial charge in [-0.2, -0.15) is 0 Å². The Morgan fingerprint density at radius 3 is 2.75 bits per heavy atom. The Hall–Kier alpha value is -2.21. The number of para-hydroxylation sites is 1. The van der Waals surface area contributed by atoms with E-state index in [1.54, 1.807) is 0 Å². The molecule has 0 atom stereocenters. The largest absolute Gasteiger partial charge is 0.389 e. The molecule has 0 aliphatic heterocycles. The van der Waals surface area contributed by atoms with Gasteiger partial charge in [-0.1, -0.05) is 30.4 Å². The summed E-state index contributed by atoms with van der Waals surface area (Å²) in [5.41, 5.74) is 12.4. The summed E-state index contributed by atoms with van der Waals surface area (Å²) in [6.07, 6.45) is 0.976. The zero-order valence-corrected chi connectivity index (χ0v) is 11.7. The maximum atomic E-state index is 10.7. The summed E-state index contributed by atoms with van der Waals surface area (Å²) in [4.78, 5) is 15.5. The third kappa shape index (κ3) is 3.42. The Bertz CT molecular complexity index is 657. The van der Waals surface area contributed by atoms with Crippen molar-refractivity contribution in [3.05, 3.63) is 35.9 Å². The van der Waals surface area contributed by atoms with Gasteiger partial charge in [0.15, 0.2) is 0 Å². The van der Waals surface area contributed by atoms with Gasteiger partial charge in [0.2, 0.25) is 5.91 Å². The van der Waals surface area contributed by atoms with E-state index in [-0.39, 0.29) is 5.91 Å². The number of nitrogens with zero attached hydrogens (tertiary/aromatic N) is 1. The fourth-order valence-corrected chi connectivity index (χ4v) is 2.06. The first-order chi connectivity index (χ1) is 9.58. The predicted molar refractivity (Wildman–Crippen MR) is 84.5 cm³/mol. The van der Waals surface area contributed by atoms with Crippen molar-refractivity contribution < 1.29 is 4.79 Å². The highest BCUT2D eigenvalue weighted by Crippen LogP contribution is 2.20. The SMILES string of the molecule is NC(=O)CCCNc1nc2ccccc2cc1C(N)=S. The summed E-state index contributed by atoms with van der Waals surface area (Å²) in [6, 6.07) is 9.66. The smallest absolute Gasteiger partial charge is 0.217 e. The second-order valence-corrected chi connectivity index (χ2v) is 4.88. The number of hydrogen-bond donors (Lipinski definition) is 3. The van der Waals surface area contributed by atoms with Gasteiger partial charge in [-0.3, -0.25) is 4.79 Å². The first kappa shape index (κ1) is 14.2. The van der Waals surface area contributed by atoms with Crippen LogP contribution in [0, 0.1) is 0 Å². The quantitative estimate of drug-likeness (QED) is 0.554. The van der Waals surface area contributed by atoms with E-state index in [1.165, 1.54) is 0 Å². The lowest BCUT2D eigenvalue weighted by Gasteiger charge is -2.11. The van der Waals surface area contributed by atoms with Gasteiger partial charge in [-0.15, -0.1) is 0 Å². The van der Waals surface area contributed by atoms with Crippen molar-refractivity contribution in [3.8, 4) is 0 Å². The van der Waals surface area contributed by atoms with E-state index in [9.17, 15) is 4.79 Å². The summed E-state index contributed by atoms with van der Waals surface area (Å²) < 4.78 is 0. The molecule has 0 aliphatic rings. The van der Waals surface area contributed by atoms with Crippen LogP contribution in [0.25, 0.3) is 10.9 Å². The Labute approximate surface area is 122 Å². The molecule has 2 aromatic rings. The Morgan fingerprint density at radius 2 is 2.05 bits per heavy atom. The van der Waals surface area contributed by atoms with Gasteiger partial charge >= 0.3 is 0 Å². The first-order valence-corrected chi connectivity index (χ1v) is 6.70. The summed E-state index contributed by atoms with van der Waals surface area (Å²) in [7, 11) is 0. The molecule has 0 unspecified atom stereocenters. The standard InChI is InChI=1S/C14H16N4OS/c15-12(19)6-3-7-17-14-10(13(16)20)8-9-4-1-2-5-11(9)18-14/h1-2,4-5,8H,3,6-7H2,(H2,15,19)(H2,16,20)(H,17,18). The van der Waals surface area contributed by atoms with Gasteiger partial charge < -0.3 is 16.8 Å². The molecule has 1 heterocycles. The van der Waals surface area contributed by atoms with Gasteiger partial charge in [-0.25, -0.2) is 4.98 Å². The summed E-state index contributed by atoms with van der Waals surface area (Å²) in [6.45, 7) is 0.587. The molecule has 1 aromatic heterocycles. The number of pyridine rings is 1. The minimum Gasteiger partial charge on any atom is -0.389 e. The number of carbonyl (C=O) groups excluding carboxylic acids is 1. The topological polar surface area (TPSA) is 94.0 Å². The molecule has 0 bridgehead atoms. The minimum atomic E-state index is -0.312. The lowest BCUT2D eigenvalue weighted by atomic mass is 10.1. The Morgan fingerprint density at radius 1 is 1.30 bits per heavy atom. The average molecular weight is 288 g/mol. The number of nitrogens with two attached hydrogens (primary N) is 2. The van der Waals surface area contributed by atoms with Crippen LogP contribution in [0.15, 0.2) is 30.3 Å². The molecule has 0 radical (unpaired) electrons. The van der Waals surface area contributed by atoms with Crippen molar-refractivity contribution in [1.82, 2.24) is 4.98 Å². The molecule has 5 nitrogen and oxygen atoms in total. The number of amides is 1. The Balaban J connectivity index is 2.23.